The van der Waals surface area contributed by atoms with Gasteiger partial charge in [-0.3, -0.25) is 0 Å². The van der Waals surface area contributed by atoms with E-state index in [9.17, 15) is 0 Å². The number of rotatable bonds is 2. The van der Waals surface area contributed by atoms with Gasteiger partial charge in [0, 0.05) is 5.02 Å². The smallest absolute Gasteiger partial charge is 0.0795 e. The van der Waals surface area contributed by atoms with Gasteiger partial charge in [0.05, 0.1) is 9.52 Å². The van der Waals surface area contributed by atoms with Gasteiger partial charge in [-0.2, -0.15) is 0 Å². The average molecular weight is 183 g/mol. The molecule has 0 aromatic heterocycles. The van der Waals surface area contributed by atoms with Crippen LogP contribution in [-0.2, 0) is 0 Å². The summed E-state index contributed by atoms with van der Waals surface area (Å²) in [7, 11) is -0.319. The monoisotopic (exact) mass is 182 g/mol. The van der Waals surface area contributed by atoms with E-state index in [0.717, 1.165) is 5.02 Å². The second kappa shape index (κ2) is 3.74. The average Bonchev–Trinajstić information content (AvgIpc) is 1.99. The predicted octanol–water partition coefficient (Wildman–Crippen LogP) is 1.59. The maximum Gasteiger partial charge on any atom is 0.0795 e. The van der Waals surface area contributed by atoms with Crippen molar-refractivity contribution in [2.75, 3.05) is 0 Å². The molecule has 0 radical (unpaired) electrons. The zero-order valence-electron chi connectivity index (χ0n) is 6.60. The molecular formula is C9H11ClSi. The van der Waals surface area contributed by atoms with Crippen LogP contribution in [0.5, 0.6) is 0 Å². The Morgan fingerprint density at radius 2 is 2.27 bits per heavy atom. The van der Waals surface area contributed by atoms with E-state index in [4.69, 9.17) is 11.6 Å². The zero-order chi connectivity index (χ0) is 8.27. The van der Waals surface area contributed by atoms with E-state index in [1.165, 1.54) is 10.8 Å². The fourth-order valence-corrected chi connectivity index (χ4v) is 2.42. The fourth-order valence-electron chi connectivity index (χ4n) is 1.02. The molecule has 58 valence electrons. The van der Waals surface area contributed by atoms with Crippen molar-refractivity contribution in [1.29, 1.82) is 0 Å². The summed E-state index contributed by atoms with van der Waals surface area (Å²) >= 11 is 6.06. The minimum absolute atomic E-state index is 0.319. The maximum absolute atomic E-state index is 6.06. The van der Waals surface area contributed by atoms with Crippen LogP contribution in [0, 0.1) is 6.92 Å². The molecule has 0 spiro atoms. The molecule has 0 aliphatic rings. The molecule has 0 nitrogen and oxygen atoms in total. The van der Waals surface area contributed by atoms with Crippen molar-refractivity contribution in [3.63, 3.8) is 0 Å². The van der Waals surface area contributed by atoms with Gasteiger partial charge >= 0.3 is 0 Å². The maximum atomic E-state index is 6.06. The van der Waals surface area contributed by atoms with Crippen molar-refractivity contribution in [3.8, 4) is 0 Å². The molecule has 0 bridgehead atoms. The first-order valence-electron chi connectivity index (χ1n) is 3.60. The second-order valence-corrected chi connectivity index (χ2v) is 4.67. The van der Waals surface area contributed by atoms with Gasteiger partial charge in [-0.25, -0.2) is 0 Å². The summed E-state index contributed by atoms with van der Waals surface area (Å²) in [4.78, 5) is 0. The Balaban J connectivity index is 3.05. The van der Waals surface area contributed by atoms with Crippen LogP contribution >= 0.6 is 11.6 Å². The van der Waals surface area contributed by atoms with Gasteiger partial charge in [0.1, 0.15) is 0 Å². The van der Waals surface area contributed by atoms with Gasteiger partial charge < -0.3 is 0 Å². The molecule has 0 aliphatic heterocycles. The van der Waals surface area contributed by atoms with Crippen molar-refractivity contribution in [2.24, 2.45) is 0 Å². The van der Waals surface area contributed by atoms with Crippen LogP contribution in [0.4, 0.5) is 0 Å². The lowest BCUT2D eigenvalue weighted by atomic mass is 10.2. The topological polar surface area (TPSA) is 0 Å². The number of hydrogen-bond acceptors (Lipinski definition) is 0. The Bertz CT molecular complexity index is 268. The Hall–Kier alpha value is -0.533. The molecule has 1 aromatic carbocycles. The molecule has 0 N–H and O–H groups in total. The minimum atomic E-state index is -0.319. The molecule has 0 unspecified atom stereocenters. The van der Waals surface area contributed by atoms with Crippen LogP contribution in [0.1, 0.15) is 5.56 Å². The largest absolute Gasteiger partial charge is 0.107 e. The van der Waals surface area contributed by atoms with E-state index in [1.807, 2.05) is 24.8 Å². The number of hydrogen-bond donors (Lipinski definition) is 0. The predicted molar refractivity (Wildman–Crippen MR) is 54.6 cm³/mol. The highest BCUT2D eigenvalue weighted by Gasteiger charge is 1.99. The van der Waals surface area contributed by atoms with E-state index >= 15 is 0 Å². The van der Waals surface area contributed by atoms with Crippen molar-refractivity contribution in [1.82, 2.24) is 0 Å². The zero-order valence-corrected chi connectivity index (χ0v) is 8.77. The molecule has 1 rings (SSSR count). The van der Waals surface area contributed by atoms with Gasteiger partial charge in [-0.15, -0.1) is 12.3 Å². The molecule has 0 aliphatic carbocycles. The Morgan fingerprint density at radius 3 is 2.91 bits per heavy atom. The van der Waals surface area contributed by atoms with Gasteiger partial charge in [-0.1, -0.05) is 29.8 Å². The van der Waals surface area contributed by atoms with Gasteiger partial charge in [0.2, 0.25) is 0 Å². The summed E-state index contributed by atoms with van der Waals surface area (Å²) in [6.45, 7) is 5.76. The minimum Gasteiger partial charge on any atom is -0.107 e. The fraction of sp³-hybridized carbons (Fsp3) is 0.111. The molecular weight excluding hydrogens is 172 g/mol. The first kappa shape index (κ1) is 8.56. The second-order valence-electron chi connectivity index (χ2n) is 2.54. The van der Waals surface area contributed by atoms with Crippen LogP contribution in [0.25, 0.3) is 0 Å². The van der Waals surface area contributed by atoms with Crippen LogP contribution in [0.15, 0.2) is 30.5 Å². The highest BCUT2D eigenvalue weighted by atomic mass is 35.5. The molecule has 0 amide bonds. The van der Waals surface area contributed by atoms with Crippen LogP contribution in [0.2, 0.25) is 5.02 Å². The van der Waals surface area contributed by atoms with Crippen LogP contribution in [-0.4, -0.2) is 9.52 Å². The Morgan fingerprint density at radius 1 is 1.55 bits per heavy atom. The van der Waals surface area contributed by atoms with Gasteiger partial charge in [-0.05, 0) is 17.7 Å². The first-order chi connectivity index (χ1) is 5.25. The van der Waals surface area contributed by atoms with Crippen molar-refractivity contribution < 1.29 is 0 Å². The summed E-state index contributed by atoms with van der Waals surface area (Å²) in [5, 5.41) is 2.22. The van der Waals surface area contributed by atoms with Gasteiger partial charge in [0.25, 0.3) is 0 Å². The third-order valence-corrected chi connectivity index (χ3v) is 3.72. The van der Waals surface area contributed by atoms with Crippen LogP contribution in [0.3, 0.4) is 0 Å². The molecule has 0 atom stereocenters. The van der Waals surface area contributed by atoms with E-state index in [-0.39, 0.29) is 9.52 Å². The van der Waals surface area contributed by atoms with Crippen molar-refractivity contribution in [3.05, 3.63) is 41.1 Å². The molecule has 2 heteroatoms. The standard InChI is InChI=1S/C9H11ClSi/c1-3-11-8-6-4-5-7(2)9(8)10/h3-6H,1,11H2,2H3. The first-order valence-corrected chi connectivity index (χ1v) is 5.50. The SMILES string of the molecule is C=C[SiH2]c1cccc(C)c1Cl. The lowest BCUT2D eigenvalue weighted by molar-refractivity contribution is 1.49. The quantitative estimate of drug-likeness (QED) is 0.610. The highest BCUT2D eigenvalue weighted by Crippen LogP contribution is 2.10. The highest BCUT2D eigenvalue weighted by molar-refractivity contribution is 6.62. The molecule has 0 saturated heterocycles. The molecule has 0 saturated carbocycles. The summed E-state index contributed by atoms with van der Waals surface area (Å²) in [6, 6.07) is 6.17. The summed E-state index contributed by atoms with van der Waals surface area (Å²) in [6.07, 6.45) is 0. The third kappa shape index (κ3) is 1.95. The summed E-state index contributed by atoms with van der Waals surface area (Å²) in [5.74, 6) is 0. The molecule has 0 heterocycles. The Kier molecular flexibility index (Phi) is 2.91. The molecule has 1 aromatic rings. The number of halogens is 1. The van der Waals surface area contributed by atoms with E-state index in [0.29, 0.717) is 0 Å². The van der Waals surface area contributed by atoms with Crippen molar-refractivity contribution >= 4 is 26.3 Å². The Labute approximate surface area is 74.7 Å². The van der Waals surface area contributed by atoms with E-state index in [1.54, 1.807) is 0 Å². The summed E-state index contributed by atoms with van der Waals surface area (Å²) in [5.41, 5.74) is 3.17. The molecule has 0 fully saturated rings. The normalized spacial score (nSPS) is 10.7. The van der Waals surface area contributed by atoms with Gasteiger partial charge in [0.15, 0.2) is 0 Å². The third-order valence-electron chi connectivity index (χ3n) is 1.64. The van der Waals surface area contributed by atoms with E-state index < -0.39 is 0 Å². The number of benzene rings is 1. The van der Waals surface area contributed by atoms with E-state index in [2.05, 4.69) is 12.6 Å². The lowest BCUT2D eigenvalue weighted by Gasteiger charge is -2.02. The summed E-state index contributed by atoms with van der Waals surface area (Å²) < 4.78 is 0. The van der Waals surface area contributed by atoms with Crippen molar-refractivity contribution in [2.45, 2.75) is 6.92 Å². The number of aryl methyl sites for hydroxylation is 1. The molecule has 11 heavy (non-hydrogen) atoms. The van der Waals surface area contributed by atoms with Crippen LogP contribution < -0.4 is 5.19 Å². The lowest BCUT2D eigenvalue weighted by Crippen LogP contribution is -2.13.